The summed E-state index contributed by atoms with van der Waals surface area (Å²) < 4.78 is 0. The second kappa shape index (κ2) is 8.60. The van der Waals surface area contributed by atoms with Crippen molar-refractivity contribution in [3.8, 4) is 0 Å². The molecule has 3 aromatic carbocycles. The molecule has 0 saturated heterocycles. The summed E-state index contributed by atoms with van der Waals surface area (Å²) in [7, 11) is 0. The zero-order valence-corrected chi connectivity index (χ0v) is 14.8. The highest BCUT2D eigenvalue weighted by Crippen LogP contribution is 2.15. The van der Waals surface area contributed by atoms with Crippen LogP contribution in [-0.2, 0) is 0 Å². The van der Waals surface area contributed by atoms with Gasteiger partial charge in [-0.1, -0.05) is 48.5 Å². The van der Waals surface area contributed by atoms with Crippen molar-refractivity contribution in [2.45, 2.75) is 0 Å². The van der Waals surface area contributed by atoms with E-state index in [1.54, 1.807) is 42.5 Å². The summed E-state index contributed by atoms with van der Waals surface area (Å²) in [6, 6.07) is 21.9. The number of hydrogen-bond acceptors (Lipinski definition) is 3. The molecule has 28 heavy (non-hydrogen) atoms. The van der Waals surface area contributed by atoms with Gasteiger partial charge >= 0.3 is 5.97 Å². The van der Waals surface area contributed by atoms with E-state index in [0.29, 0.717) is 11.3 Å². The maximum atomic E-state index is 12.4. The third-order valence-electron chi connectivity index (χ3n) is 4.06. The number of rotatable bonds is 6. The van der Waals surface area contributed by atoms with Crippen molar-refractivity contribution in [3.63, 3.8) is 0 Å². The largest absolute Gasteiger partial charge is 0.478 e. The fourth-order valence-corrected chi connectivity index (χ4v) is 2.62. The second-order valence-electron chi connectivity index (χ2n) is 5.99. The van der Waals surface area contributed by atoms with E-state index in [1.165, 1.54) is 18.2 Å². The minimum Gasteiger partial charge on any atom is -0.478 e. The van der Waals surface area contributed by atoms with Crippen molar-refractivity contribution >= 4 is 29.4 Å². The van der Waals surface area contributed by atoms with E-state index < -0.39 is 11.9 Å². The Morgan fingerprint density at radius 1 is 0.750 bits per heavy atom. The van der Waals surface area contributed by atoms with Gasteiger partial charge in [-0.3, -0.25) is 9.59 Å². The molecule has 0 saturated carbocycles. The van der Waals surface area contributed by atoms with Gasteiger partial charge in [0.25, 0.3) is 5.91 Å². The van der Waals surface area contributed by atoms with Gasteiger partial charge in [-0.05, 0) is 48.0 Å². The quantitative estimate of drug-likeness (QED) is 0.492. The van der Waals surface area contributed by atoms with Crippen LogP contribution >= 0.6 is 0 Å². The number of carboxylic acids is 1. The third kappa shape index (κ3) is 4.59. The van der Waals surface area contributed by atoms with Crippen LogP contribution in [0.15, 0.2) is 84.9 Å². The maximum Gasteiger partial charge on any atom is 0.336 e. The molecular formula is C23H17NO4. The molecule has 5 heteroatoms. The van der Waals surface area contributed by atoms with Crippen molar-refractivity contribution in [2.24, 2.45) is 0 Å². The Kier molecular flexibility index (Phi) is 5.77. The number of carbonyl (C=O) groups excluding carboxylic acids is 2. The molecule has 0 heterocycles. The molecule has 138 valence electrons. The minimum absolute atomic E-state index is 0.0703. The van der Waals surface area contributed by atoms with E-state index in [2.05, 4.69) is 5.32 Å². The lowest BCUT2D eigenvalue weighted by molar-refractivity contribution is 0.0692. The number of amides is 1. The first-order valence-corrected chi connectivity index (χ1v) is 8.56. The average molecular weight is 371 g/mol. The number of benzene rings is 3. The molecule has 5 nitrogen and oxygen atoms in total. The summed E-state index contributed by atoms with van der Waals surface area (Å²) in [5.41, 5.74) is 1.88. The van der Waals surface area contributed by atoms with Crippen molar-refractivity contribution in [3.05, 3.63) is 107 Å². The molecule has 0 bridgehead atoms. The lowest BCUT2D eigenvalue weighted by Crippen LogP contribution is -2.16. The van der Waals surface area contributed by atoms with Crippen LogP contribution in [0.2, 0.25) is 0 Å². The summed E-state index contributed by atoms with van der Waals surface area (Å²) >= 11 is 0. The number of ketones is 1. The molecule has 0 atom stereocenters. The molecule has 0 spiro atoms. The topological polar surface area (TPSA) is 83.5 Å². The first-order chi connectivity index (χ1) is 13.5. The van der Waals surface area contributed by atoms with E-state index in [1.807, 2.05) is 30.3 Å². The summed E-state index contributed by atoms with van der Waals surface area (Å²) in [4.78, 5) is 35.9. The van der Waals surface area contributed by atoms with E-state index in [9.17, 15) is 19.5 Å². The summed E-state index contributed by atoms with van der Waals surface area (Å²) in [6.45, 7) is 0. The van der Waals surface area contributed by atoms with Gasteiger partial charge in [0.15, 0.2) is 5.78 Å². The van der Waals surface area contributed by atoms with Gasteiger partial charge in [-0.2, -0.15) is 0 Å². The Bertz CT molecular complexity index is 1040. The number of carbonyl (C=O) groups is 3. The lowest BCUT2D eigenvalue weighted by atomic mass is 10.1. The normalized spacial score (nSPS) is 10.6. The Hall–Kier alpha value is -3.99. The predicted molar refractivity (Wildman–Crippen MR) is 108 cm³/mol. The highest BCUT2D eigenvalue weighted by molar-refractivity contribution is 6.11. The van der Waals surface area contributed by atoms with Crippen LogP contribution in [0.5, 0.6) is 0 Å². The number of anilines is 1. The molecule has 2 N–H and O–H groups in total. The molecule has 0 radical (unpaired) electrons. The van der Waals surface area contributed by atoms with Crippen molar-refractivity contribution in [1.29, 1.82) is 0 Å². The molecule has 0 aliphatic heterocycles. The Labute approximate surface area is 162 Å². The highest BCUT2D eigenvalue weighted by atomic mass is 16.4. The Morgan fingerprint density at radius 2 is 1.36 bits per heavy atom. The van der Waals surface area contributed by atoms with E-state index in [4.69, 9.17) is 0 Å². The number of carboxylic acid groups (broad SMARTS) is 1. The van der Waals surface area contributed by atoms with Gasteiger partial charge in [0.1, 0.15) is 0 Å². The van der Waals surface area contributed by atoms with Crippen molar-refractivity contribution < 1.29 is 19.5 Å². The van der Waals surface area contributed by atoms with Gasteiger partial charge in [-0.25, -0.2) is 4.79 Å². The number of allylic oxidation sites excluding steroid dienone is 1. The molecule has 0 fully saturated rings. The number of hydrogen-bond donors (Lipinski definition) is 2. The first-order valence-electron chi connectivity index (χ1n) is 8.56. The van der Waals surface area contributed by atoms with Gasteiger partial charge in [0.2, 0.25) is 0 Å². The predicted octanol–water partition coefficient (Wildman–Crippen LogP) is 4.53. The summed E-state index contributed by atoms with van der Waals surface area (Å²) in [6.07, 6.45) is 3.23. The Balaban J connectivity index is 1.69. The van der Waals surface area contributed by atoms with Crippen molar-refractivity contribution in [1.82, 2.24) is 0 Å². The van der Waals surface area contributed by atoms with Crippen LogP contribution in [0.4, 0.5) is 5.69 Å². The minimum atomic E-state index is -1.17. The molecule has 0 aliphatic carbocycles. The summed E-state index contributed by atoms with van der Waals surface area (Å²) in [5, 5.41) is 11.8. The second-order valence-corrected chi connectivity index (χ2v) is 5.99. The van der Waals surface area contributed by atoms with Gasteiger partial charge in [0.05, 0.1) is 11.1 Å². The molecular weight excluding hydrogens is 354 g/mol. The van der Waals surface area contributed by atoms with Crippen LogP contribution in [0.25, 0.3) is 6.08 Å². The highest BCUT2D eigenvalue weighted by Gasteiger charge is 2.15. The van der Waals surface area contributed by atoms with Crippen molar-refractivity contribution in [2.75, 3.05) is 5.32 Å². The first kappa shape index (κ1) is 18.8. The zero-order valence-electron chi connectivity index (χ0n) is 14.8. The van der Waals surface area contributed by atoms with Crippen LogP contribution in [0.3, 0.4) is 0 Å². The van der Waals surface area contributed by atoms with Gasteiger partial charge in [0, 0.05) is 11.3 Å². The zero-order chi connectivity index (χ0) is 19.9. The molecule has 1 amide bonds. The third-order valence-corrected chi connectivity index (χ3v) is 4.06. The Morgan fingerprint density at radius 3 is 2.00 bits per heavy atom. The molecule has 0 aliphatic rings. The monoisotopic (exact) mass is 371 g/mol. The van der Waals surface area contributed by atoms with Crippen LogP contribution in [0.1, 0.15) is 36.6 Å². The molecule has 3 aromatic rings. The summed E-state index contributed by atoms with van der Waals surface area (Å²) in [5.74, 6) is -1.85. The SMILES string of the molecule is O=C(/C=C/c1ccccc1)c1ccc(NC(=O)c2ccccc2C(=O)O)cc1. The van der Waals surface area contributed by atoms with E-state index in [-0.39, 0.29) is 16.9 Å². The number of aromatic carboxylic acids is 1. The van der Waals surface area contributed by atoms with Crippen LogP contribution in [0, 0.1) is 0 Å². The van der Waals surface area contributed by atoms with Gasteiger partial charge < -0.3 is 10.4 Å². The van der Waals surface area contributed by atoms with Gasteiger partial charge in [-0.15, -0.1) is 0 Å². The van der Waals surface area contributed by atoms with E-state index in [0.717, 1.165) is 5.56 Å². The molecule has 3 rings (SSSR count). The van der Waals surface area contributed by atoms with Crippen LogP contribution < -0.4 is 5.32 Å². The number of nitrogens with one attached hydrogen (secondary N) is 1. The smallest absolute Gasteiger partial charge is 0.336 e. The lowest BCUT2D eigenvalue weighted by Gasteiger charge is -2.08. The molecule has 0 unspecified atom stereocenters. The fourth-order valence-electron chi connectivity index (χ4n) is 2.62. The average Bonchev–Trinajstić information content (AvgIpc) is 2.73. The van der Waals surface area contributed by atoms with E-state index >= 15 is 0 Å². The van der Waals surface area contributed by atoms with Crippen LogP contribution in [-0.4, -0.2) is 22.8 Å². The molecule has 0 aromatic heterocycles. The maximum absolute atomic E-state index is 12.4. The standard InChI is InChI=1S/C23H17NO4/c25-21(15-10-16-6-2-1-3-7-16)17-11-13-18(14-12-17)24-22(26)19-8-4-5-9-20(19)23(27)28/h1-15H,(H,24,26)(H,27,28)/b15-10+. The fraction of sp³-hybridized carbons (Fsp3) is 0.